The van der Waals surface area contributed by atoms with Crippen molar-refractivity contribution in [2.75, 3.05) is 19.0 Å². The number of aromatic nitrogens is 1. The molecule has 0 spiro atoms. The highest BCUT2D eigenvalue weighted by Gasteiger charge is 2.24. The summed E-state index contributed by atoms with van der Waals surface area (Å²) in [6.07, 6.45) is 9.22. The predicted octanol–water partition coefficient (Wildman–Crippen LogP) is 4.17. The summed E-state index contributed by atoms with van der Waals surface area (Å²) in [7, 11) is 1.75. The van der Waals surface area contributed by atoms with Crippen molar-refractivity contribution in [3.63, 3.8) is 0 Å². The lowest BCUT2D eigenvalue weighted by Crippen LogP contribution is -2.49. The lowest BCUT2D eigenvalue weighted by Gasteiger charge is -2.32. The number of pyridine rings is 1. The van der Waals surface area contributed by atoms with Gasteiger partial charge in [-0.3, -0.25) is 4.79 Å². The summed E-state index contributed by atoms with van der Waals surface area (Å²) in [5, 5.41) is 7.09. The fourth-order valence-corrected chi connectivity index (χ4v) is 3.83. The van der Waals surface area contributed by atoms with Gasteiger partial charge in [0.25, 0.3) is 0 Å². The van der Waals surface area contributed by atoms with E-state index in [1.54, 1.807) is 26.3 Å². The van der Waals surface area contributed by atoms with Crippen LogP contribution in [0, 0.1) is 0 Å². The van der Waals surface area contributed by atoms with Crippen molar-refractivity contribution in [3.05, 3.63) is 22.3 Å². The minimum atomic E-state index is -0.00219. The Morgan fingerprint density at radius 2 is 2.12 bits per heavy atom. The normalized spacial score (nSPS) is 17.9. The van der Waals surface area contributed by atoms with E-state index < -0.39 is 0 Å². The number of Topliss-reactive ketones (excluding diaryl/α,β-unsaturated/α-hetero) is 1. The average molecular weight is 412 g/mol. The summed E-state index contributed by atoms with van der Waals surface area (Å²) < 4.78 is 6.55. The number of anilines is 1. The monoisotopic (exact) mass is 411 g/mol. The number of methoxy groups -OCH3 is 1. The molecule has 1 heterocycles. The Morgan fingerprint density at radius 1 is 1.40 bits per heavy atom. The number of halogens is 1. The van der Waals surface area contributed by atoms with Gasteiger partial charge in [0, 0.05) is 36.4 Å². The molecule has 2 rings (SSSR count). The molecule has 0 aromatic carbocycles. The molecule has 1 fully saturated rings. The highest BCUT2D eigenvalue weighted by Crippen LogP contribution is 2.21. The van der Waals surface area contributed by atoms with Crippen LogP contribution in [-0.2, 0) is 4.74 Å². The maximum absolute atomic E-state index is 11.8. The van der Waals surface area contributed by atoms with Crippen LogP contribution < -0.4 is 10.6 Å². The van der Waals surface area contributed by atoms with E-state index in [0.717, 1.165) is 10.9 Å². The van der Waals surface area contributed by atoms with Crippen molar-refractivity contribution in [2.24, 2.45) is 0 Å². The third kappa shape index (κ3) is 6.04. The molecule has 0 radical (unpaired) electrons. The first-order chi connectivity index (χ1) is 12.0. The minimum Gasteiger partial charge on any atom is -0.378 e. The second-order valence-electron chi connectivity index (χ2n) is 6.78. The lowest BCUT2D eigenvalue weighted by molar-refractivity contribution is 0.0698. The van der Waals surface area contributed by atoms with Crippen LogP contribution in [0.15, 0.2) is 16.7 Å². The highest BCUT2D eigenvalue weighted by atomic mass is 79.9. The van der Waals surface area contributed by atoms with Gasteiger partial charge in [-0.2, -0.15) is 0 Å². The molecule has 2 unspecified atom stereocenters. The van der Waals surface area contributed by atoms with Crippen LogP contribution in [0.1, 0.15) is 62.7 Å². The molecule has 6 heteroatoms. The van der Waals surface area contributed by atoms with Gasteiger partial charge in [0.15, 0.2) is 5.78 Å². The molecule has 1 aliphatic rings. The van der Waals surface area contributed by atoms with Gasteiger partial charge >= 0.3 is 0 Å². The summed E-state index contributed by atoms with van der Waals surface area (Å²) in [5.41, 5.74) is 0.595. The van der Waals surface area contributed by atoms with Crippen LogP contribution in [0.4, 0.5) is 5.82 Å². The van der Waals surface area contributed by atoms with E-state index in [1.165, 1.54) is 32.1 Å². The molecule has 1 saturated carbocycles. The van der Waals surface area contributed by atoms with Gasteiger partial charge < -0.3 is 15.4 Å². The second-order valence-corrected chi connectivity index (χ2v) is 7.69. The Bertz CT molecular complexity index is 562. The Labute approximate surface area is 159 Å². The van der Waals surface area contributed by atoms with Crippen LogP contribution in [0.2, 0.25) is 0 Å². The smallest absolute Gasteiger partial charge is 0.163 e. The minimum absolute atomic E-state index is 0.00219. The van der Waals surface area contributed by atoms with Gasteiger partial charge in [0.2, 0.25) is 0 Å². The SMILES string of the molecule is CCC(NC1CCCCC1)C(CNc1ncc(Br)cc1C(C)=O)OC. The maximum Gasteiger partial charge on any atom is 0.163 e. The molecule has 0 bridgehead atoms. The molecule has 140 valence electrons. The fourth-order valence-electron chi connectivity index (χ4n) is 3.50. The summed E-state index contributed by atoms with van der Waals surface area (Å²) in [4.78, 5) is 16.2. The van der Waals surface area contributed by atoms with Crippen LogP contribution in [-0.4, -0.2) is 42.6 Å². The van der Waals surface area contributed by atoms with Crippen molar-refractivity contribution in [1.82, 2.24) is 10.3 Å². The van der Waals surface area contributed by atoms with E-state index >= 15 is 0 Å². The Morgan fingerprint density at radius 3 is 2.72 bits per heavy atom. The lowest BCUT2D eigenvalue weighted by atomic mass is 9.94. The molecule has 1 aromatic rings. The van der Waals surface area contributed by atoms with Crippen LogP contribution in [0.25, 0.3) is 0 Å². The van der Waals surface area contributed by atoms with Crippen molar-refractivity contribution in [3.8, 4) is 0 Å². The number of nitrogens with zero attached hydrogens (tertiary/aromatic N) is 1. The number of ether oxygens (including phenoxy) is 1. The number of carbonyl (C=O) groups is 1. The number of carbonyl (C=O) groups excluding carboxylic acids is 1. The van der Waals surface area contributed by atoms with Crippen LogP contribution in [0.3, 0.4) is 0 Å². The van der Waals surface area contributed by atoms with Gasteiger partial charge in [-0.05, 0) is 48.2 Å². The summed E-state index contributed by atoms with van der Waals surface area (Å²) in [5.74, 6) is 0.614. The van der Waals surface area contributed by atoms with Gasteiger partial charge in [-0.15, -0.1) is 0 Å². The Balaban J connectivity index is 1.99. The van der Waals surface area contributed by atoms with E-state index in [1.807, 2.05) is 0 Å². The number of ketones is 1. The zero-order valence-electron chi connectivity index (χ0n) is 15.5. The van der Waals surface area contributed by atoms with Gasteiger partial charge in [0.1, 0.15) is 5.82 Å². The van der Waals surface area contributed by atoms with Crippen molar-refractivity contribution in [2.45, 2.75) is 70.6 Å². The van der Waals surface area contributed by atoms with E-state index in [0.29, 0.717) is 24.0 Å². The standard InChI is InChI=1S/C19H30BrN3O2/c1-4-17(23-15-8-6-5-7-9-15)18(25-3)12-22-19-16(13(2)24)10-14(20)11-21-19/h10-11,15,17-18,23H,4-9,12H2,1-3H3,(H,21,22). The third-order valence-corrected chi connectivity index (χ3v) is 5.38. The van der Waals surface area contributed by atoms with Gasteiger partial charge in [-0.25, -0.2) is 4.98 Å². The van der Waals surface area contributed by atoms with E-state index in [-0.39, 0.29) is 17.9 Å². The molecule has 2 atom stereocenters. The molecule has 0 aliphatic heterocycles. The predicted molar refractivity (Wildman–Crippen MR) is 105 cm³/mol. The number of nitrogens with one attached hydrogen (secondary N) is 2. The van der Waals surface area contributed by atoms with E-state index in [2.05, 4.69) is 38.5 Å². The van der Waals surface area contributed by atoms with Crippen LogP contribution in [0.5, 0.6) is 0 Å². The third-order valence-electron chi connectivity index (χ3n) is 4.95. The molecule has 0 saturated heterocycles. The molecule has 1 aromatic heterocycles. The molecule has 5 nitrogen and oxygen atoms in total. The largest absolute Gasteiger partial charge is 0.378 e. The zero-order valence-corrected chi connectivity index (χ0v) is 17.1. The Kier molecular flexibility index (Phi) is 8.33. The van der Waals surface area contributed by atoms with Gasteiger partial charge in [0.05, 0.1) is 11.7 Å². The second kappa shape index (κ2) is 10.2. The molecule has 25 heavy (non-hydrogen) atoms. The first-order valence-corrected chi connectivity index (χ1v) is 10.0. The summed E-state index contributed by atoms with van der Waals surface area (Å²) in [6, 6.07) is 2.68. The first-order valence-electron chi connectivity index (χ1n) is 9.24. The quantitative estimate of drug-likeness (QED) is 0.596. The number of rotatable bonds is 9. The highest BCUT2D eigenvalue weighted by molar-refractivity contribution is 9.10. The summed E-state index contributed by atoms with van der Waals surface area (Å²) in [6.45, 7) is 4.36. The molecule has 1 aliphatic carbocycles. The summed E-state index contributed by atoms with van der Waals surface area (Å²) >= 11 is 3.37. The fraction of sp³-hybridized carbons (Fsp3) is 0.684. The van der Waals surface area contributed by atoms with Crippen molar-refractivity contribution < 1.29 is 9.53 Å². The molecule has 2 N–H and O–H groups in total. The van der Waals surface area contributed by atoms with Gasteiger partial charge in [-0.1, -0.05) is 26.2 Å². The number of hydrogen-bond acceptors (Lipinski definition) is 5. The zero-order chi connectivity index (χ0) is 18.2. The average Bonchev–Trinajstić information content (AvgIpc) is 2.62. The van der Waals surface area contributed by atoms with Crippen LogP contribution >= 0.6 is 15.9 Å². The molecule has 0 amide bonds. The first kappa shape index (κ1) is 20.3. The Hall–Kier alpha value is -0.980. The molecular weight excluding hydrogens is 382 g/mol. The maximum atomic E-state index is 11.8. The van der Waals surface area contributed by atoms with E-state index in [4.69, 9.17) is 4.74 Å². The van der Waals surface area contributed by atoms with Crippen molar-refractivity contribution >= 4 is 27.5 Å². The van der Waals surface area contributed by atoms with Crippen molar-refractivity contribution in [1.29, 1.82) is 0 Å². The topological polar surface area (TPSA) is 63.2 Å². The van der Waals surface area contributed by atoms with E-state index in [9.17, 15) is 4.79 Å². The molecular formula is C19H30BrN3O2. The number of hydrogen-bond donors (Lipinski definition) is 2.